The van der Waals surface area contributed by atoms with E-state index in [1.54, 1.807) is 37.3 Å². The Kier molecular flexibility index (Phi) is 5.12. The van der Waals surface area contributed by atoms with Crippen LogP contribution in [0.3, 0.4) is 0 Å². The average Bonchev–Trinajstić information content (AvgIpc) is 2.65. The third-order valence-electron chi connectivity index (χ3n) is 3.76. The fourth-order valence-corrected chi connectivity index (χ4v) is 2.34. The molecule has 0 fully saturated rings. The number of halogens is 1. The Morgan fingerprint density at radius 1 is 1.07 bits per heavy atom. The predicted molar refractivity (Wildman–Crippen MR) is 98.4 cm³/mol. The van der Waals surface area contributed by atoms with E-state index in [2.05, 4.69) is 10.3 Å². The van der Waals surface area contributed by atoms with Gasteiger partial charge in [-0.05, 0) is 55.0 Å². The van der Waals surface area contributed by atoms with Crippen molar-refractivity contribution in [3.63, 3.8) is 0 Å². The number of amides is 2. The number of rotatable bonds is 5. The van der Waals surface area contributed by atoms with Gasteiger partial charge in [-0.2, -0.15) is 0 Å². The minimum Gasteiger partial charge on any atom is -0.439 e. The average molecular weight is 365 g/mol. The van der Waals surface area contributed by atoms with E-state index in [0.29, 0.717) is 28.1 Å². The van der Waals surface area contributed by atoms with Crippen LogP contribution in [0.4, 0.5) is 10.1 Å². The zero-order valence-corrected chi connectivity index (χ0v) is 14.4. The second kappa shape index (κ2) is 7.65. The molecule has 2 amide bonds. The molecular formula is C20H16FN3O3. The largest absolute Gasteiger partial charge is 0.439 e. The van der Waals surface area contributed by atoms with Gasteiger partial charge in [0.25, 0.3) is 5.91 Å². The van der Waals surface area contributed by atoms with Crippen molar-refractivity contribution in [3.8, 4) is 11.6 Å². The molecule has 6 nitrogen and oxygen atoms in total. The smallest absolute Gasteiger partial charge is 0.255 e. The van der Waals surface area contributed by atoms with Crippen molar-refractivity contribution in [3.05, 3.63) is 83.3 Å². The molecule has 0 spiro atoms. The maximum Gasteiger partial charge on any atom is 0.255 e. The molecule has 3 N–H and O–H groups in total. The van der Waals surface area contributed by atoms with Crippen LogP contribution >= 0.6 is 0 Å². The molecule has 1 aromatic heterocycles. The van der Waals surface area contributed by atoms with E-state index in [9.17, 15) is 14.0 Å². The lowest BCUT2D eigenvalue weighted by Crippen LogP contribution is -2.12. The molecular weight excluding hydrogens is 349 g/mol. The third kappa shape index (κ3) is 4.46. The number of benzene rings is 2. The molecule has 0 saturated heterocycles. The van der Waals surface area contributed by atoms with Gasteiger partial charge in [0.2, 0.25) is 11.8 Å². The monoisotopic (exact) mass is 365 g/mol. The van der Waals surface area contributed by atoms with Gasteiger partial charge in [0.15, 0.2) is 0 Å². The number of primary amides is 1. The molecule has 0 aliphatic rings. The highest BCUT2D eigenvalue weighted by molar-refractivity contribution is 6.04. The first-order chi connectivity index (χ1) is 12.9. The van der Waals surface area contributed by atoms with E-state index in [1.807, 2.05) is 0 Å². The maximum absolute atomic E-state index is 13.3. The molecule has 0 aliphatic carbocycles. The molecule has 7 heteroatoms. The van der Waals surface area contributed by atoms with E-state index < -0.39 is 5.91 Å². The minimum absolute atomic E-state index is 0.284. The van der Waals surface area contributed by atoms with Crippen LogP contribution in [-0.2, 0) is 0 Å². The number of nitrogens with two attached hydrogens (primary N) is 1. The van der Waals surface area contributed by atoms with E-state index in [0.717, 1.165) is 0 Å². The first-order valence-electron chi connectivity index (χ1n) is 8.03. The summed E-state index contributed by atoms with van der Waals surface area (Å²) in [5.74, 6) is -0.593. The van der Waals surface area contributed by atoms with Crippen LogP contribution in [0.1, 0.15) is 26.3 Å². The van der Waals surface area contributed by atoms with Crippen LogP contribution in [0.5, 0.6) is 11.6 Å². The lowest BCUT2D eigenvalue weighted by atomic mass is 10.1. The number of carbonyl (C=O) groups excluding carboxylic acids is 2. The Bertz CT molecular complexity index is 1000. The number of nitrogens with zero attached hydrogens (tertiary/aromatic N) is 1. The molecule has 0 bridgehead atoms. The van der Waals surface area contributed by atoms with Crippen molar-refractivity contribution in [1.29, 1.82) is 0 Å². The standard InChI is InChI=1S/C20H16FN3O3/c1-12-9-14(5-7-17(12)21)20(26)24-15-6-8-18(23-11-15)27-16-4-2-3-13(10-16)19(22)25/h2-11H,1H3,(H2,22,25)(H,24,26). The van der Waals surface area contributed by atoms with Crippen LogP contribution in [0.2, 0.25) is 0 Å². The Balaban J connectivity index is 1.68. The molecule has 3 rings (SSSR count). The second-order valence-corrected chi connectivity index (χ2v) is 5.80. The summed E-state index contributed by atoms with van der Waals surface area (Å²) in [6, 6.07) is 13.7. The highest BCUT2D eigenvalue weighted by Gasteiger charge is 2.09. The molecule has 0 atom stereocenters. The Morgan fingerprint density at radius 3 is 2.56 bits per heavy atom. The number of carbonyl (C=O) groups is 2. The summed E-state index contributed by atoms with van der Waals surface area (Å²) < 4.78 is 18.9. The third-order valence-corrected chi connectivity index (χ3v) is 3.76. The lowest BCUT2D eigenvalue weighted by molar-refractivity contribution is 0.0997. The number of hydrogen-bond acceptors (Lipinski definition) is 4. The normalized spacial score (nSPS) is 10.3. The van der Waals surface area contributed by atoms with Crippen molar-refractivity contribution in [2.45, 2.75) is 6.92 Å². The van der Waals surface area contributed by atoms with E-state index in [-0.39, 0.29) is 17.6 Å². The molecule has 136 valence electrons. The minimum atomic E-state index is -0.553. The number of aromatic nitrogens is 1. The fraction of sp³-hybridized carbons (Fsp3) is 0.0500. The van der Waals surface area contributed by atoms with Crippen molar-refractivity contribution >= 4 is 17.5 Å². The Morgan fingerprint density at radius 2 is 1.89 bits per heavy atom. The molecule has 0 saturated carbocycles. The van der Waals surface area contributed by atoms with Crippen molar-refractivity contribution in [2.24, 2.45) is 5.73 Å². The summed E-state index contributed by atoms with van der Waals surface area (Å²) in [7, 11) is 0. The van der Waals surface area contributed by atoms with Gasteiger partial charge < -0.3 is 15.8 Å². The molecule has 3 aromatic rings. The number of hydrogen-bond donors (Lipinski definition) is 2. The summed E-state index contributed by atoms with van der Waals surface area (Å²) in [5, 5.41) is 2.68. The topological polar surface area (TPSA) is 94.3 Å². The number of ether oxygens (including phenoxy) is 1. The van der Waals surface area contributed by atoms with Gasteiger partial charge in [-0.3, -0.25) is 9.59 Å². The van der Waals surface area contributed by atoms with Crippen molar-refractivity contribution < 1.29 is 18.7 Å². The zero-order chi connectivity index (χ0) is 19.4. The van der Waals surface area contributed by atoms with Crippen LogP contribution in [0.15, 0.2) is 60.8 Å². The van der Waals surface area contributed by atoms with Gasteiger partial charge >= 0.3 is 0 Å². The second-order valence-electron chi connectivity index (χ2n) is 5.80. The molecule has 2 aromatic carbocycles. The fourth-order valence-electron chi connectivity index (χ4n) is 2.34. The van der Waals surface area contributed by atoms with E-state index >= 15 is 0 Å². The highest BCUT2D eigenvalue weighted by atomic mass is 19.1. The van der Waals surface area contributed by atoms with Crippen LogP contribution in [0, 0.1) is 12.7 Å². The summed E-state index contributed by atoms with van der Waals surface area (Å²) >= 11 is 0. The molecule has 27 heavy (non-hydrogen) atoms. The van der Waals surface area contributed by atoms with Crippen LogP contribution in [-0.4, -0.2) is 16.8 Å². The zero-order valence-electron chi connectivity index (χ0n) is 14.4. The van der Waals surface area contributed by atoms with Gasteiger partial charge in [0.1, 0.15) is 11.6 Å². The quantitative estimate of drug-likeness (QED) is 0.721. The van der Waals surface area contributed by atoms with Crippen molar-refractivity contribution in [1.82, 2.24) is 4.98 Å². The van der Waals surface area contributed by atoms with Gasteiger partial charge in [-0.25, -0.2) is 9.37 Å². The molecule has 0 unspecified atom stereocenters. The van der Waals surface area contributed by atoms with Crippen LogP contribution in [0.25, 0.3) is 0 Å². The molecule has 1 heterocycles. The predicted octanol–water partition coefficient (Wildman–Crippen LogP) is 3.67. The van der Waals surface area contributed by atoms with Crippen LogP contribution < -0.4 is 15.8 Å². The summed E-state index contributed by atoms with van der Waals surface area (Å²) in [6.45, 7) is 1.59. The maximum atomic E-state index is 13.3. The van der Waals surface area contributed by atoms with Gasteiger partial charge in [0.05, 0.1) is 11.9 Å². The van der Waals surface area contributed by atoms with Gasteiger partial charge in [0, 0.05) is 17.2 Å². The molecule has 0 radical (unpaired) electrons. The highest BCUT2D eigenvalue weighted by Crippen LogP contribution is 2.22. The SMILES string of the molecule is Cc1cc(C(=O)Nc2ccc(Oc3cccc(C(N)=O)c3)nc2)ccc1F. The number of pyridine rings is 1. The van der Waals surface area contributed by atoms with Gasteiger partial charge in [-0.15, -0.1) is 0 Å². The van der Waals surface area contributed by atoms with E-state index in [1.165, 1.54) is 30.5 Å². The number of nitrogens with one attached hydrogen (secondary N) is 1. The first-order valence-corrected chi connectivity index (χ1v) is 8.03. The molecule has 0 aliphatic heterocycles. The lowest BCUT2D eigenvalue weighted by Gasteiger charge is -2.08. The first kappa shape index (κ1) is 18.1. The summed E-state index contributed by atoms with van der Waals surface area (Å²) in [6.07, 6.45) is 1.43. The Labute approximate surface area is 154 Å². The van der Waals surface area contributed by atoms with Gasteiger partial charge in [-0.1, -0.05) is 6.07 Å². The summed E-state index contributed by atoms with van der Waals surface area (Å²) in [5.41, 5.74) is 6.76. The number of anilines is 1. The van der Waals surface area contributed by atoms with E-state index in [4.69, 9.17) is 10.5 Å². The van der Waals surface area contributed by atoms with Crippen molar-refractivity contribution in [2.75, 3.05) is 5.32 Å². The Hall–Kier alpha value is -3.74. The number of aryl methyl sites for hydroxylation is 1. The summed E-state index contributed by atoms with van der Waals surface area (Å²) in [4.78, 5) is 27.5.